The number of amidine groups is 1. The highest BCUT2D eigenvalue weighted by Gasteiger charge is 2.16. The molecule has 21 heavy (non-hydrogen) atoms. The van der Waals surface area contributed by atoms with Crippen LogP contribution >= 0.6 is 0 Å². The molecule has 0 aromatic carbocycles. The molecule has 0 aliphatic rings. The molecule has 0 spiro atoms. The maximum Gasteiger partial charge on any atom is 0.140 e. The van der Waals surface area contributed by atoms with E-state index in [0.29, 0.717) is 25.6 Å². The Bertz CT molecular complexity index is 501. The summed E-state index contributed by atoms with van der Waals surface area (Å²) < 4.78 is 5.44. The molecule has 0 bridgehead atoms. The van der Waals surface area contributed by atoms with Crippen molar-refractivity contribution in [2.24, 2.45) is 10.9 Å². The van der Waals surface area contributed by atoms with Crippen molar-refractivity contribution < 1.29 is 9.94 Å². The minimum atomic E-state index is 0.242. The smallest absolute Gasteiger partial charge is 0.140 e. The zero-order chi connectivity index (χ0) is 16.0. The summed E-state index contributed by atoms with van der Waals surface area (Å²) in [5.41, 5.74) is 8.64. The highest BCUT2D eigenvalue weighted by molar-refractivity contribution is 5.79. The zero-order valence-corrected chi connectivity index (χ0v) is 13.6. The number of rotatable bonds is 7. The van der Waals surface area contributed by atoms with Gasteiger partial charge in [-0.15, -0.1) is 0 Å². The minimum Gasteiger partial charge on any atom is -0.496 e. The Kier molecular flexibility index (Phi) is 6.42. The first-order valence-electron chi connectivity index (χ1n) is 7.10. The van der Waals surface area contributed by atoms with Gasteiger partial charge in [0.1, 0.15) is 11.6 Å². The maximum atomic E-state index is 8.63. The molecule has 6 heteroatoms. The Morgan fingerprint density at radius 1 is 1.48 bits per heavy atom. The minimum absolute atomic E-state index is 0.242. The average Bonchev–Trinajstić information content (AvgIpc) is 2.45. The summed E-state index contributed by atoms with van der Waals surface area (Å²) in [4.78, 5) is 6.76. The van der Waals surface area contributed by atoms with Crippen LogP contribution in [0.25, 0.3) is 0 Å². The molecule has 1 heterocycles. The number of methoxy groups -OCH3 is 1. The molecule has 0 atom stereocenters. The van der Waals surface area contributed by atoms with Crippen LogP contribution in [0.1, 0.15) is 37.1 Å². The molecule has 0 fully saturated rings. The fourth-order valence-electron chi connectivity index (χ4n) is 2.25. The van der Waals surface area contributed by atoms with Crippen molar-refractivity contribution in [3.8, 4) is 5.75 Å². The van der Waals surface area contributed by atoms with Crippen LogP contribution in [0.5, 0.6) is 5.75 Å². The standard InChI is InChI=1S/C15H26N4O2/c1-10(2)19(7-6-14(16)18-20)9-13-12(4)15(21-5)11(3)8-17-13/h8,10,20H,6-7,9H2,1-5H3,(H2,16,18). The van der Waals surface area contributed by atoms with Crippen molar-refractivity contribution in [3.63, 3.8) is 0 Å². The number of oxime groups is 1. The summed E-state index contributed by atoms with van der Waals surface area (Å²) in [6.45, 7) is 9.67. The first-order chi connectivity index (χ1) is 9.90. The SMILES string of the molecule is COc1c(C)cnc(CN(CCC(N)=NO)C(C)C)c1C. The predicted molar refractivity (Wildman–Crippen MR) is 83.8 cm³/mol. The molecule has 1 aromatic rings. The number of hydrogen-bond acceptors (Lipinski definition) is 5. The van der Waals surface area contributed by atoms with Gasteiger partial charge < -0.3 is 15.7 Å². The van der Waals surface area contributed by atoms with Gasteiger partial charge in [0.05, 0.1) is 12.8 Å². The van der Waals surface area contributed by atoms with Gasteiger partial charge in [0.2, 0.25) is 0 Å². The Hall–Kier alpha value is -1.82. The zero-order valence-electron chi connectivity index (χ0n) is 13.6. The van der Waals surface area contributed by atoms with Crippen LogP contribution in [0.4, 0.5) is 0 Å². The van der Waals surface area contributed by atoms with Gasteiger partial charge in [0.15, 0.2) is 0 Å². The number of aromatic nitrogens is 1. The van der Waals surface area contributed by atoms with Gasteiger partial charge in [0.25, 0.3) is 0 Å². The van der Waals surface area contributed by atoms with Gasteiger partial charge in [0, 0.05) is 42.9 Å². The molecule has 6 nitrogen and oxygen atoms in total. The third-order valence-corrected chi connectivity index (χ3v) is 3.62. The van der Waals surface area contributed by atoms with E-state index < -0.39 is 0 Å². The number of nitrogens with zero attached hydrogens (tertiary/aromatic N) is 3. The van der Waals surface area contributed by atoms with E-state index in [-0.39, 0.29) is 5.84 Å². The largest absolute Gasteiger partial charge is 0.496 e. The monoisotopic (exact) mass is 294 g/mol. The molecule has 1 rings (SSSR count). The van der Waals surface area contributed by atoms with Crippen molar-refractivity contribution in [1.29, 1.82) is 0 Å². The topological polar surface area (TPSA) is 84.0 Å². The van der Waals surface area contributed by atoms with Crippen LogP contribution in [0.2, 0.25) is 0 Å². The highest BCUT2D eigenvalue weighted by atomic mass is 16.5. The van der Waals surface area contributed by atoms with Gasteiger partial charge in [-0.05, 0) is 27.7 Å². The Balaban J connectivity index is 2.89. The summed E-state index contributed by atoms with van der Waals surface area (Å²) >= 11 is 0. The van der Waals surface area contributed by atoms with Crippen molar-refractivity contribution in [2.75, 3.05) is 13.7 Å². The van der Waals surface area contributed by atoms with Crippen LogP contribution in [0.3, 0.4) is 0 Å². The average molecular weight is 294 g/mol. The molecular weight excluding hydrogens is 268 g/mol. The number of hydrogen-bond donors (Lipinski definition) is 2. The number of ether oxygens (including phenoxy) is 1. The van der Waals surface area contributed by atoms with E-state index in [4.69, 9.17) is 15.7 Å². The van der Waals surface area contributed by atoms with E-state index in [1.165, 1.54) is 0 Å². The Morgan fingerprint density at radius 2 is 2.14 bits per heavy atom. The van der Waals surface area contributed by atoms with Gasteiger partial charge in [-0.1, -0.05) is 5.16 Å². The van der Waals surface area contributed by atoms with Crippen LogP contribution in [-0.4, -0.2) is 40.6 Å². The summed E-state index contributed by atoms with van der Waals surface area (Å²) in [5.74, 6) is 1.13. The molecule has 118 valence electrons. The molecular formula is C15H26N4O2. The van der Waals surface area contributed by atoms with Gasteiger partial charge in [-0.25, -0.2) is 0 Å². The normalized spacial score (nSPS) is 12.2. The van der Waals surface area contributed by atoms with Crippen LogP contribution in [0.15, 0.2) is 11.4 Å². The molecule has 3 N–H and O–H groups in total. The number of aryl methyl sites for hydroxylation is 1. The van der Waals surface area contributed by atoms with Gasteiger partial charge in [-0.3, -0.25) is 9.88 Å². The molecule has 0 amide bonds. The second-order valence-electron chi connectivity index (χ2n) is 5.45. The summed E-state index contributed by atoms with van der Waals surface area (Å²) in [7, 11) is 1.68. The fourth-order valence-corrected chi connectivity index (χ4v) is 2.25. The van der Waals surface area contributed by atoms with E-state index in [1.807, 2.05) is 20.0 Å². The van der Waals surface area contributed by atoms with Crippen LogP contribution < -0.4 is 10.5 Å². The van der Waals surface area contributed by atoms with Crippen molar-refractivity contribution in [2.45, 2.75) is 46.7 Å². The van der Waals surface area contributed by atoms with E-state index in [2.05, 4.69) is 28.9 Å². The Morgan fingerprint density at radius 3 is 2.67 bits per heavy atom. The number of nitrogens with two attached hydrogens (primary N) is 1. The fraction of sp³-hybridized carbons (Fsp3) is 0.600. The molecule has 0 saturated heterocycles. The van der Waals surface area contributed by atoms with Gasteiger partial charge in [-0.2, -0.15) is 0 Å². The third kappa shape index (κ3) is 4.60. The Labute approximate surface area is 126 Å². The van der Waals surface area contributed by atoms with Crippen LogP contribution in [0, 0.1) is 13.8 Å². The van der Waals surface area contributed by atoms with Crippen molar-refractivity contribution in [3.05, 3.63) is 23.0 Å². The molecule has 0 saturated carbocycles. The summed E-state index contributed by atoms with van der Waals surface area (Å²) in [6.07, 6.45) is 2.36. The van der Waals surface area contributed by atoms with Gasteiger partial charge >= 0.3 is 0 Å². The molecule has 0 aliphatic heterocycles. The second kappa shape index (κ2) is 7.83. The molecule has 0 radical (unpaired) electrons. The van der Waals surface area contributed by atoms with Crippen molar-refractivity contribution >= 4 is 5.84 Å². The van der Waals surface area contributed by atoms with E-state index in [9.17, 15) is 0 Å². The lowest BCUT2D eigenvalue weighted by Gasteiger charge is -2.27. The van der Waals surface area contributed by atoms with Crippen molar-refractivity contribution in [1.82, 2.24) is 9.88 Å². The maximum absolute atomic E-state index is 8.63. The summed E-state index contributed by atoms with van der Waals surface area (Å²) in [6, 6.07) is 0.338. The highest BCUT2D eigenvalue weighted by Crippen LogP contribution is 2.25. The molecule has 1 aromatic heterocycles. The number of pyridine rings is 1. The first-order valence-corrected chi connectivity index (χ1v) is 7.10. The lowest BCUT2D eigenvalue weighted by atomic mass is 10.1. The lowest BCUT2D eigenvalue weighted by molar-refractivity contribution is 0.214. The predicted octanol–water partition coefficient (Wildman–Crippen LogP) is 2.05. The van der Waals surface area contributed by atoms with Crippen LogP contribution in [-0.2, 0) is 6.54 Å². The summed E-state index contributed by atoms with van der Waals surface area (Å²) in [5, 5.41) is 11.7. The first kappa shape index (κ1) is 17.2. The molecule has 0 aliphatic carbocycles. The lowest BCUT2D eigenvalue weighted by Crippen LogP contribution is -2.34. The quantitative estimate of drug-likeness (QED) is 0.348. The van der Waals surface area contributed by atoms with E-state index in [1.54, 1.807) is 7.11 Å². The van der Waals surface area contributed by atoms with E-state index >= 15 is 0 Å². The second-order valence-corrected chi connectivity index (χ2v) is 5.45. The third-order valence-electron chi connectivity index (χ3n) is 3.62. The van der Waals surface area contributed by atoms with E-state index in [0.717, 1.165) is 22.6 Å². The molecule has 0 unspecified atom stereocenters.